The Bertz CT molecular complexity index is 773. The van der Waals surface area contributed by atoms with Crippen molar-refractivity contribution in [1.82, 2.24) is 20.1 Å². The van der Waals surface area contributed by atoms with Gasteiger partial charge in [-0.2, -0.15) is 0 Å². The normalized spacial score (nSPS) is 21.3. The number of carbonyl (C=O) groups excluding carboxylic acids is 1. The molecule has 0 unspecified atom stereocenters. The molecule has 6 nitrogen and oxygen atoms in total. The average Bonchev–Trinajstić information content (AvgIpc) is 2.75. The second kappa shape index (κ2) is 8.06. The molecule has 1 aromatic heterocycles. The smallest absolute Gasteiger partial charge is 0.272 e. The van der Waals surface area contributed by atoms with Gasteiger partial charge in [0.05, 0.1) is 0 Å². The second-order valence-electron chi connectivity index (χ2n) is 7.34. The maximum Gasteiger partial charge on any atom is 0.272 e. The number of piperazine rings is 2. The fraction of sp³-hybridized carbons (Fsp3) is 0.429. The molecule has 0 radical (unpaired) electrons. The summed E-state index contributed by atoms with van der Waals surface area (Å²) in [5.74, 6) is 0.928. The monoisotopic (exact) mass is 365 g/mol. The topological polar surface area (TPSA) is 51.7 Å². The average molecular weight is 365 g/mol. The molecule has 1 amide bonds. The summed E-state index contributed by atoms with van der Waals surface area (Å²) in [6.45, 7) is 6.02. The summed E-state index contributed by atoms with van der Waals surface area (Å²) in [5.41, 5.74) is 1.83. The van der Waals surface area contributed by atoms with Crippen LogP contribution in [0.4, 0.5) is 5.82 Å². The van der Waals surface area contributed by atoms with Crippen molar-refractivity contribution in [3.8, 4) is 0 Å². The molecule has 0 bridgehead atoms. The number of hydrogen-bond donors (Lipinski definition) is 1. The molecule has 27 heavy (non-hydrogen) atoms. The van der Waals surface area contributed by atoms with Crippen LogP contribution in [0.25, 0.3) is 0 Å². The largest absolute Gasteiger partial charge is 0.353 e. The molecule has 3 heterocycles. The lowest BCUT2D eigenvalue weighted by Gasteiger charge is -2.35. The van der Waals surface area contributed by atoms with Crippen LogP contribution in [0.5, 0.6) is 0 Å². The van der Waals surface area contributed by atoms with Crippen LogP contribution < -0.4 is 10.2 Å². The first-order chi connectivity index (χ1) is 13.2. The third kappa shape index (κ3) is 4.12. The van der Waals surface area contributed by atoms with E-state index >= 15 is 0 Å². The summed E-state index contributed by atoms with van der Waals surface area (Å²) < 4.78 is 0. The highest BCUT2D eigenvalue weighted by Crippen LogP contribution is 2.21. The van der Waals surface area contributed by atoms with Crippen molar-refractivity contribution < 1.29 is 4.79 Å². The molecule has 2 aliphatic rings. The first kappa shape index (κ1) is 17.9. The zero-order valence-corrected chi connectivity index (χ0v) is 15.8. The molecule has 142 valence electrons. The van der Waals surface area contributed by atoms with E-state index in [9.17, 15) is 4.79 Å². The number of likely N-dealkylation sites (N-methyl/N-ethyl adjacent to an activating group) is 1. The number of carbonyl (C=O) groups is 1. The lowest BCUT2D eigenvalue weighted by atomic mass is 10.0. The maximum absolute atomic E-state index is 12.8. The third-order valence-electron chi connectivity index (χ3n) is 5.45. The predicted molar refractivity (Wildman–Crippen MR) is 107 cm³/mol. The van der Waals surface area contributed by atoms with Gasteiger partial charge in [-0.15, -0.1) is 0 Å². The number of nitrogens with zero attached hydrogens (tertiary/aromatic N) is 4. The maximum atomic E-state index is 12.8. The van der Waals surface area contributed by atoms with Crippen molar-refractivity contribution >= 4 is 11.7 Å². The Hall–Kier alpha value is -2.44. The second-order valence-corrected chi connectivity index (χ2v) is 7.34. The minimum Gasteiger partial charge on any atom is -0.353 e. The molecule has 6 heteroatoms. The molecule has 2 fully saturated rings. The fourth-order valence-electron chi connectivity index (χ4n) is 3.76. The molecule has 0 spiro atoms. The SMILES string of the molecule is CN1CCN(C(=O)c2cccc(N3CCN[C@@H](c4ccccc4)C3)n2)CC1. The molecular formula is C21H27N5O. The number of rotatable bonds is 3. The van der Waals surface area contributed by atoms with Crippen molar-refractivity contribution in [3.63, 3.8) is 0 Å². The molecule has 0 aliphatic carbocycles. The van der Waals surface area contributed by atoms with Gasteiger partial charge in [-0.1, -0.05) is 36.4 Å². The van der Waals surface area contributed by atoms with E-state index in [0.29, 0.717) is 5.69 Å². The number of pyridine rings is 1. The molecule has 1 N–H and O–H groups in total. The summed E-state index contributed by atoms with van der Waals surface area (Å²) in [5, 5.41) is 3.58. The van der Waals surface area contributed by atoms with Crippen LogP contribution in [0, 0.1) is 0 Å². The highest BCUT2D eigenvalue weighted by Gasteiger charge is 2.24. The van der Waals surface area contributed by atoms with Crippen LogP contribution >= 0.6 is 0 Å². The molecule has 4 rings (SSSR count). The fourth-order valence-corrected chi connectivity index (χ4v) is 3.76. The number of hydrogen-bond acceptors (Lipinski definition) is 5. The van der Waals surface area contributed by atoms with Crippen LogP contribution in [-0.2, 0) is 0 Å². The van der Waals surface area contributed by atoms with Crippen LogP contribution in [-0.4, -0.2) is 73.6 Å². The summed E-state index contributed by atoms with van der Waals surface area (Å²) >= 11 is 0. The number of amides is 1. The molecular weight excluding hydrogens is 338 g/mol. The lowest BCUT2D eigenvalue weighted by Crippen LogP contribution is -2.48. The summed E-state index contributed by atoms with van der Waals surface area (Å²) in [7, 11) is 2.09. The van der Waals surface area contributed by atoms with Crippen molar-refractivity contribution in [2.45, 2.75) is 6.04 Å². The summed E-state index contributed by atoms with van der Waals surface area (Å²) in [6, 6.07) is 16.6. The van der Waals surface area contributed by atoms with Crippen LogP contribution in [0.3, 0.4) is 0 Å². The van der Waals surface area contributed by atoms with E-state index in [-0.39, 0.29) is 11.9 Å². The van der Waals surface area contributed by atoms with Gasteiger partial charge < -0.3 is 20.0 Å². The van der Waals surface area contributed by atoms with Gasteiger partial charge >= 0.3 is 0 Å². The van der Waals surface area contributed by atoms with Gasteiger partial charge in [0.1, 0.15) is 11.5 Å². The Morgan fingerprint density at radius 2 is 1.78 bits per heavy atom. The van der Waals surface area contributed by atoms with E-state index in [2.05, 4.69) is 46.4 Å². The highest BCUT2D eigenvalue weighted by atomic mass is 16.2. The number of aromatic nitrogens is 1. The lowest BCUT2D eigenvalue weighted by molar-refractivity contribution is 0.0658. The van der Waals surface area contributed by atoms with Gasteiger partial charge in [-0.3, -0.25) is 4.79 Å². The van der Waals surface area contributed by atoms with E-state index in [0.717, 1.165) is 51.6 Å². The Balaban J connectivity index is 1.48. The van der Waals surface area contributed by atoms with Crippen molar-refractivity contribution in [2.24, 2.45) is 0 Å². The van der Waals surface area contributed by atoms with Crippen molar-refractivity contribution in [2.75, 3.05) is 57.8 Å². The van der Waals surface area contributed by atoms with E-state index in [1.165, 1.54) is 5.56 Å². The van der Waals surface area contributed by atoms with Crippen molar-refractivity contribution in [3.05, 3.63) is 59.8 Å². The molecule has 1 aromatic carbocycles. The Morgan fingerprint density at radius 1 is 1.00 bits per heavy atom. The van der Waals surface area contributed by atoms with Gasteiger partial charge in [-0.25, -0.2) is 4.98 Å². The Kier molecular flexibility index (Phi) is 5.36. The van der Waals surface area contributed by atoms with Gasteiger partial charge in [0.25, 0.3) is 5.91 Å². The zero-order valence-electron chi connectivity index (χ0n) is 15.8. The van der Waals surface area contributed by atoms with E-state index in [1.807, 2.05) is 29.2 Å². The van der Waals surface area contributed by atoms with Crippen LogP contribution in [0.2, 0.25) is 0 Å². The Labute approximate surface area is 160 Å². The zero-order chi connectivity index (χ0) is 18.6. The van der Waals surface area contributed by atoms with E-state index in [4.69, 9.17) is 4.98 Å². The van der Waals surface area contributed by atoms with Gasteiger partial charge in [0, 0.05) is 51.9 Å². The van der Waals surface area contributed by atoms with Gasteiger partial charge in [-0.05, 0) is 24.7 Å². The summed E-state index contributed by atoms with van der Waals surface area (Å²) in [4.78, 5) is 24.0. The molecule has 0 saturated carbocycles. The molecule has 2 aliphatic heterocycles. The Morgan fingerprint density at radius 3 is 2.56 bits per heavy atom. The number of nitrogens with one attached hydrogen (secondary N) is 1. The predicted octanol–water partition coefficient (Wildman–Crippen LogP) is 1.62. The quantitative estimate of drug-likeness (QED) is 0.896. The first-order valence-electron chi connectivity index (χ1n) is 9.69. The minimum absolute atomic E-state index is 0.0414. The third-order valence-corrected chi connectivity index (χ3v) is 5.45. The van der Waals surface area contributed by atoms with E-state index in [1.54, 1.807) is 0 Å². The van der Waals surface area contributed by atoms with Crippen LogP contribution in [0.15, 0.2) is 48.5 Å². The highest BCUT2D eigenvalue weighted by molar-refractivity contribution is 5.92. The number of benzene rings is 1. The molecule has 2 saturated heterocycles. The minimum atomic E-state index is 0.0414. The van der Waals surface area contributed by atoms with Crippen molar-refractivity contribution in [1.29, 1.82) is 0 Å². The molecule has 2 aromatic rings. The summed E-state index contributed by atoms with van der Waals surface area (Å²) in [6.07, 6.45) is 0. The standard InChI is InChI=1S/C21H27N5O/c1-24-12-14-25(15-13-24)21(27)18-8-5-9-20(23-18)26-11-10-22-19(16-26)17-6-3-2-4-7-17/h2-9,19,22H,10-16H2,1H3/t19-/m1/s1. The van der Waals surface area contributed by atoms with Crippen LogP contribution in [0.1, 0.15) is 22.1 Å². The first-order valence-corrected chi connectivity index (χ1v) is 9.69. The van der Waals surface area contributed by atoms with Gasteiger partial charge in [0.15, 0.2) is 0 Å². The number of anilines is 1. The van der Waals surface area contributed by atoms with Gasteiger partial charge in [0.2, 0.25) is 0 Å². The molecule has 1 atom stereocenters. The van der Waals surface area contributed by atoms with E-state index < -0.39 is 0 Å².